The molecule has 0 saturated heterocycles. The van der Waals surface area contributed by atoms with Crippen LogP contribution in [0.25, 0.3) is 0 Å². The third-order valence-corrected chi connectivity index (χ3v) is 3.95. The Labute approximate surface area is 115 Å². The Kier molecular flexibility index (Phi) is 4.59. The molecule has 1 fully saturated rings. The quantitative estimate of drug-likeness (QED) is 0.828. The van der Waals surface area contributed by atoms with E-state index in [4.69, 9.17) is 4.74 Å². The largest absolute Gasteiger partial charge is 0.468 e. The molecule has 1 aliphatic rings. The van der Waals surface area contributed by atoms with Crippen LogP contribution in [-0.4, -0.2) is 25.2 Å². The van der Waals surface area contributed by atoms with Gasteiger partial charge in [-0.2, -0.15) is 0 Å². The van der Waals surface area contributed by atoms with E-state index in [-0.39, 0.29) is 17.9 Å². The third-order valence-electron chi connectivity index (χ3n) is 3.95. The fourth-order valence-corrected chi connectivity index (χ4v) is 2.66. The molecule has 1 aromatic rings. The SMILES string of the molecule is COC(=O)[C@@H](NC1CC(c2ccccc2)C1)C(C)C. The van der Waals surface area contributed by atoms with E-state index >= 15 is 0 Å². The minimum absolute atomic E-state index is 0.154. The first-order chi connectivity index (χ1) is 9.11. The molecule has 1 aliphatic carbocycles. The molecule has 0 heterocycles. The standard InChI is InChI=1S/C16H23NO2/c1-11(2)15(16(18)19-3)17-14-9-13(10-14)12-7-5-4-6-8-12/h4-8,11,13-15,17H,9-10H2,1-3H3/t13?,14?,15-/m0/s1. The van der Waals surface area contributed by atoms with Gasteiger partial charge in [-0.3, -0.25) is 4.79 Å². The van der Waals surface area contributed by atoms with Gasteiger partial charge >= 0.3 is 5.97 Å². The van der Waals surface area contributed by atoms with Gasteiger partial charge < -0.3 is 10.1 Å². The predicted octanol–water partition coefficient (Wildman–Crippen LogP) is 2.72. The van der Waals surface area contributed by atoms with Gasteiger partial charge in [-0.05, 0) is 30.2 Å². The summed E-state index contributed by atoms with van der Waals surface area (Å²) in [5.74, 6) is 0.727. The van der Waals surface area contributed by atoms with E-state index in [1.54, 1.807) is 0 Å². The van der Waals surface area contributed by atoms with Gasteiger partial charge in [0, 0.05) is 6.04 Å². The van der Waals surface area contributed by atoms with Crippen LogP contribution in [0.3, 0.4) is 0 Å². The monoisotopic (exact) mass is 261 g/mol. The lowest BCUT2D eigenvalue weighted by atomic mass is 9.75. The van der Waals surface area contributed by atoms with Crippen LogP contribution in [0.1, 0.15) is 38.2 Å². The van der Waals surface area contributed by atoms with E-state index in [2.05, 4.69) is 29.6 Å². The Bertz CT molecular complexity index is 410. The molecule has 3 nitrogen and oxygen atoms in total. The van der Waals surface area contributed by atoms with Gasteiger partial charge in [-0.25, -0.2) is 0 Å². The number of methoxy groups -OCH3 is 1. The molecule has 0 spiro atoms. The molecule has 1 N–H and O–H groups in total. The molecule has 1 saturated carbocycles. The van der Waals surface area contributed by atoms with Crippen molar-refractivity contribution in [2.24, 2.45) is 5.92 Å². The molecular formula is C16H23NO2. The van der Waals surface area contributed by atoms with Gasteiger partial charge in [0.25, 0.3) is 0 Å². The summed E-state index contributed by atoms with van der Waals surface area (Å²) in [7, 11) is 1.45. The van der Waals surface area contributed by atoms with Crippen LogP contribution in [0.4, 0.5) is 0 Å². The second-order valence-electron chi connectivity index (χ2n) is 5.69. The Balaban J connectivity index is 1.85. The molecule has 1 aromatic carbocycles. The van der Waals surface area contributed by atoms with Crippen LogP contribution in [0.15, 0.2) is 30.3 Å². The summed E-state index contributed by atoms with van der Waals surface area (Å²) in [6.45, 7) is 4.09. The van der Waals surface area contributed by atoms with Crippen molar-refractivity contribution in [1.29, 1.82) is 0 Å². The van der Waals surface area contributed by atoms with Crippen molar-refractivity contribution >= 4 is 5.97 Å². The maximum atomic E-state index is 11.7. The maximum Gasteiger partial charge on any atom is 0.323 e. The summed E-state index contributed by atoms with van der Waals surface area (Å²) in [6, 6.07) is 10.8. The van der Waals surface area contributed by atoms with Crippen LogP contribution in [0.5, 0.6) is 0 Å². The number of rotatable bonds is 5. The summed E-state index contributed by atoms with van der Waals surface area (Å²) in [6.07, 6.45) is 2.20. The van der Waals surface area contributed by atoms with Gasteiger partial charge in [-0.15, -0.1) is 0 Å². The zero-order chi connectivity index (χ0) is 13.8. The summed E-state index contributed by atoms with van der Waals surface area (Å²) in [5, 5.41) is 3.43. The average Bonchev–Trinajstić information content (AvgIpc) is 2.37. The van der Waals surface area contributed by atoms with Gasteiger partial charge in [0.15, 0.2) is 0 Å². The number of nitrogens with one attached hydrogen (secondary N) is 1. The molecule has 0 amide bonds. The molecule has 0 aliphatic heterocycles. The lowest BCUT2D eigenvalue weighted by molar-refractivity contribution is -0.144. The lowest BCUT2D eigenvalue weighted by Crippen LogP contribution is -2.51. The zero-order valence-electron chi connectivity index (χ0n) is 11.9. The number of esters is 1. The second-order valence-corrected chi connectivity index (χ2v) is 5.69. The molecular weight excluding hydrogens is 238 g/mol. The molecule has 104 valence electrons. The Morgan fingerprint density at radius 1 is 1.26 bits per heavy atom. The van der Waals surface area contributed by atoms with E-state index in [0.29, 0.717) is 12.0 Å². The van der Waals surface area contributed by atoms with Crippen LogP contribution in [-0.2, 0) is 9.53 Å². The van der Waals surface area contributed by atoms with Crippen LogP contribution < -0.4 is 5.32 Å². The summed E-state index contributed by atoms with van der Waals surface area (Å²) >= 11 is 0. The maximum absolute atomic E-state index is 11.7. The fourth-order valence-electron chi connectivity index (χ4n) is 2.66. The first-order valence-corrected chi connectivity index (χ1v) is 7.00. The molecule has 1 atom stereocenters. The lowest BCUT2D eigenvalue weighted by Gasteiger charge is -2.39. The Hall–Kier alpha value is -1.35. The topological polar surface area (TPSA) is 38.3 Å². The van der Waals surface area contributed by atoms with Crippen LogP contribution >= 0.6 is 0 Å². The number of ether oxygens (including phenoxy) is 1. The van der Waals surface area contributed by atoms with Crippen LogP contribution in [0.2, 0.25) is 0 Å². The van der Waals surface area contributed by atoms with E-state index in [0.717, 1.165) is 12.8 Å². The van der Waals surface area contributed by atoms with E-state index in [9.17, 15) is 4.79 Å². The van der Waals surface area contributed by atoms with Gasteiger partial charge in [0.2, 0.25) is 0 Å². The summed E-state index contributed by atoms with van der Waals surface area (Å²) in [4.78, 5) is 11.7. The molecule has 2 rings (SSSR count). The number of hydrogen-bond donors (Lipinski definition) is 1. The van der Waals surface area contributed by atoms with Crippen molar-refractivity contribution in [2.45, 2.75) is 44.7 Å². The zero-order valence-corrected chi connectivity index (χ0v) is 11.9. The normalized spacial score (nSPS) is 23.8. The van der Waals surface area contributed by atoms with E-state index in [1.807, 2.05) is 19.9 Å². The molecule has 3 heteroatoms. The third kappa shape index (κ3) is 3.35. The van der Waals surface area contributed by atoms with Gasteiger partial charge in [0.05, 0.1) is 7.11 Å². The van der Waals surface area contributed by atoms with E-state index in [1.165, 1.54) is 12.7 Å². The average molecular weight is 261 g/mol. The number of hydrogen-bond acceptors (Lipinski definition) is 3. The molecule has 0 unspecified atom stereocenters. The molecule has 19 heavy (non-hydrogen) atoms. The summed E-state index contributed by atoms with van der Waals surface area (Å²) < 4.78 is 4.85. The molecule has 0 radical (unpaired) electrons. The highest BCUT2D eigenvalue weighted by Gasteiger charge is 2.34. The number of carbonyl (C=O) groups is 1. The van der Waals surface area contributed by atoms with Crippen molar-refractivity contribution in [3.05, 3.63) is 35.9 Å². The number of carbonyl (C=O) groups excluding carboxylic acids is 1. The highest BCUT2D eigenvalue weighted by molar-refractivity contribution is 5.76. The van der Waals surface area contributed by atoms with Crippen LogP contribution in [0, 0.1) is 5.92 Å². The van der Waals surface area contributed by atoms with Crippen molar-refractivity contribution in [3.63, 3.8) is 0 Å². The van der Waals surface area contributed by atoms with Gasteiger partial charge in [0.1, 0.15) is 6.04 Å². The van der Waals surface area contributed by atoms with Crippen molar-refractivity contribution in [2.75, 3.05) is 7.11 Å². The Morgan fingerprint density at radius 3 is 2.42 bits per heavy atom. The highest BCUT2D eigenvalue weighted by Crippen LogP contribution is 2.37. The van der Waals surface area contributed by atoms with E-state index < -0.39 is 0 Å². The first kappa shape index (κ1) is 14.1. The minimum atomic E-state index is -0.188. The van der Waals surface area contributed by atoms with Crippen molar-refractivity contribution in [1.82, 2.24) is 5.32 Å². The summed E-state index contributed by atoms with van der Waals surface area (Å²) in [5.41, 5.74) is 1.40. The Morgan fingerprint density at radius 2 is 1.89 bits per heavy atom. The van der Waals surface area contributed by atoms with Crippen molar-refractivity contribution in [3.8, 4) is 0 Å². The first-order valence-electron chi connectivity index (χ1n) is 7.00. The molecule has 0 aromatic heterocycles. The smallest absolute Gasteiger partial charge is 0.323 e. The minimum Gasteiger partial charge on any atom is -0.468 e. The van der Waals surface area contributed by atoms with Crippen molar-refractivity contribution < 1.29 is 9.53 Å². The fraction of sp³-hybridized carbons (Fsp3) is 0.562. The number of benzene rings is 1. The molecule has 0 bridgehead atoms. The predicted molar refractivity (Wildman–Crippen MR) is 76.0 cm³/mol. The second kappa shape index (κ2) is 6.20. The van der Waals surface area contributed by atoms with Gasteiger partial charge in [-0.1, -0.05) is 44.2 Å². The highest BCUT2D eigenvalue weighted by atomic mass is 16.5.